The molecule has 1 aliphatic carbocycles. The van der Waals surface area contributed by atoms with Crippen LogP contribution >= 0.6 is 11.3 Å². The molecule has 2 aliphatic rings. The largest absolute Gasteiger partial charge is 0.350 e. The summed E-state index contributed by atoms with van der Waals surface area (Å²) in [4.78, 5) is 16.7. The van der Waals surface area contributed by atoms with Crippen molar-refractivity contribution in [2.75, 3.05) is 19.6 Å². The van der Waals surface area contributed by atoms with E-state index in [-0.39, 0.29) is 11.9 Å². The molecular weight excluding hydrogens is 328 g/mol. The highest BCUT2D eigenvalue weighted by Gasteiger charge is 2.25. The summed E-state index contributed by atoms with van der Waals surface area (Å²) in [7, 11) is 0. The van der Waals surface area contributed by atoms with E-state index in [0.717, 1.165) is 31.5 Å². The van der Waals surface area contributed by atoms with Crippen LogP contribution in [0.2, 0.25) is 0 Å². The monoisotopic (exact) mass is 354 g/mol. The Hall–Kier alpha value is -1.65. The molecule has 1 aliphatic heterocycles. The molecule has 1 atom stereocenters. The zero-order valence-corrected chi connectivity index (χ0v) is 15.5. The molecule has 3 nitrogen and oxygen atoms in total. The molecule has 0 saturated carbocycles. The van der Waals surface area contributed by atoms with Crippen LogP contribution in [0.5, 0.6) is 0 Å². The highest BCUT2D eigenvalue weighted by atomic mass is 32.1. The van der Waals surface area contributed by atoms with Gasteiger partial charge in [-0.05, 0) is 62.7 Å². The molecule has 1 fully saturated rings. The number of thiophene rings is 1. The van der Waals surface area contributed by atoms with Crippen molar-refractivity contribution in [3.05, 3.63) is 57.3 Å². The Kier molecular flexibility index (Phi) is 5.18. The fourth-order valence-electron chi connectivity index (χ4n) is 4.16. The molecule has 2 heterocycles. The van der Waals surface area contributed by atoms with E-state index in [1.54, 1.807) is 11.3 Å². The van der Waals surface area contributed by atoms with Crippen LogP contribution in [0.4, 0.5) is 0 Å². The van der Waals surface area contributed by atoms with E-state index < -0.39 is 0 Å². The number of hydrogen-bond donors (Lipinski definition) is 1. The molecule has 1 aromatic heterocycles. The van der Waals surface area contributed by atoms with Gasteiger partial charge in [-0.15, -0.1) is 11.3 Å². The van der Waals surface area contributed by atoms with Gasteiger partial charge in [0.15, 0.2) is 0 Å². The van der Waals surface area contributed by atoms with Crippen molar-refractivity contribution in [1.82, 2.24) is 10.2 Å². The van der Waals surface area contributed by atoms with E-state index in [4.69, 9.17) is 0 Å². The normalized spacial score (nSPS) is 18.7. The summed E-state index contributed by atoms with van der Waals surface area (Å²) in [6.45, 7) is 2.94. The van der Waals surface area contributed by atoms with Gasteiger partial charge in [-0.1, -0.05) is 30.3 Å². The van der Waals surface area contributed by atoms with Gasteiger partial charge in [0, 0.05) is 16.8 Å². The number of amides is 1. The first-order valence-electron chi connectivity index (χ1n) is 9.49. The van der Waals surface area contributed by atoms with Gasteiger partial charge in [0.05, 0.1) is 11.6 Å². The maximum atomic E-state index is 12.8. The second-order valence-electron chi connectivity index (χ2n) is 7.14. The molecule has 2 aromatic rings. The number of carbonyl (C=O) groups excluding carboxylic acids is 1. The van der Waals surface area contributed by atoms with Crippen LogP contribution in [-0.4, -0.2) is 30.4 Å². The summed E-state index contributed by atoms with van der Waals surface area (Å²) >= 11 is 1.77. The van der Waals surface area contributed by atoms with E-state index in [1.807, 2.05) is 0 Å². The topological polar surface area (TPSA) is 32.3 Å². The Balaban J connectivity index is 1.47. The fraction of sp³-hybridized carbons (Fsp3) is 0.476. The molecule has 1 aromatic carbocycles. The highest BCUT2D eigenvalue weighted by molar-refractivity contribution is 7.10. The molecule has 1 saturated heterocycles. The fourth-order valence-corrected chi connectivity index (χ4v) is 5.28. The molecule has 4 heteroatoms. The molecule has 0 spiro atoms. The van der Waals surface area contributed by atoms with Crippen LogP contribution < -0.4 is 5.32 Å². The van der Waals surface area contributed by atoms with Crippen molar-refractivity contribution in [2.45, 2.75) is 44.6 Å². The van der Waals surface area contributed by atoms with Gasteiger partial charge >= 0.3 is 0 Å². The van der Waals surface area contributed by atoms with E-state index in [1.165, 1.54) is 41.7 Å². The van der Waals surface area contributed by atoms with Crippen molar-refractivity contribution in [3.8, 4) is 0 Å². The Morgan fingerprint density at radius 1 is 1.08 bits per heavy atom. The summed E-state index contributed by atoms with van der Waals surface area (Å²) in [6, 6.07) is 10.9. The Morgan fingerprint density at radius 2 is 1.84 bits per heavy atom. The molecule has 0 radical (unpaired) electrons. The lowest BCUT2D eigenvalue weighted by Crippen LogP contribution is -2.37. The first-order valence-corrected chi connectivity index (χ1v) is 10.4. The van der Waals surface area contributed by atoms with Gasteiger partial charge in [0.1, 0.15) is 0 Å². The summed E-state index contributed by atoms with van der Waals surface area (Å²) in [5, 5.41) is 5.30. The van der Waals surface area contributed by atoms with Crippen molar-refractivity contribution in [3.63, 3.8) is 0 Å². The minimum absolute atomic E-state index is 0.111. The van der Waals surface area contributed by atoms with Crippen molar-refractivity contribution in [2.24, 2.45) is 0 Å². The third kappa shape index (κ3) is 3.65. The third-order valence-corrected chi connectivity index (χ3v) is 6.62. The zero-order chi connectivity index (χ0) is 17.1. The van der Waals surface area contributed by atoms with Crippen LogP contribution in [0.3, 0.4) is 0 Å². The number of nitrogens with zero attached hydrogens (tertiary/aromatic N) is 1. The minimum Gasteiger partial charge on any atom is -0.350 e. The van der Waals surface area contributed by atoms with E-state index in [9.17, 15) is 4.79 Å². The standard InChI is InChI=1S/C21H26N2OS/c24-21(18-15-25-20-11-5-4-10-17(18)20)22-14-19(23-12-6-7-13-23)16-8-2-1-3-9-16/h1-3,8-9,15,19H,4-7,10-14H2,(H,22,24). The van der Waals surface area contributed by atoms with Crippen LogP contribution in [0.1, 0.15) is 58.1 Å². The van der Waals surface area contributed by atoms with Gasteiger partial charge in [-0.3, -0.25) is 9.69 Å². The quantitative estimate of drug-likeness (QED) is 0.873. The van der Waals surface area contributed by atoms with Crippen molar-refractivity contribution < 1.29 is 4.79 Å². The smallest absolute Gasteiger partial charge is 0.252 e. The maximum absolute atomic E-state index is 12.8. The highest BCUT2D eigenvalue weighted by Crippen LogP contribution is 2.30. The second kappa shape index (κ2) is 7.71. The van der Waals surface area contributed by atoms with Crippen LogP contribution in [0.15, 0.2) is 35.7 Å². The van der Waals surface area contributed by atoms with Gasteiger partial charge in [0.2, 0.25) is 0 Å². The Morgan fingerprint density at radius 3 is 2.64 bits per heavy atom. The number of benzene rings is 1. The molecule has 4 rings (SSSR count). The van der Waals surface area contributed by atoms with Gasteiger partial charge < -0.3 is 5.32 Å². The minimum atomic E-state index is 0.111. The molecule has 25 heavy (non-hydrogen) atoms. The zero-order valence-electron chi connectivity index (χ0n) is 14.7. The SMILES string of the molecule is O=C(NCC(c1ccccc1)N1CCCC1)c1csc2c1CCCC2. The molecule has 1 N–H and O–H groups in total. The number of nitrogens with one attached hydrogen (secondary N) is 1. The summed E-state index contributed by atoms with van der Waals surface area (Å²) in [5.41, 5.74) is 3.54. The molecule has 0 bridgehead atoms. The summed E-state index contributed by atoms with van der Waals surface area (Å²) < 4.78 is 0. The Labute approximate surface area is 154 Å². The second-order valence-corrected chi connectivity index (χ2v) is 8.10. The summed E-state index contributed by atoms with van der Waals surface area (Å²) in [6.07, 6.45) is 7.21. The number of fused-ring (bicyclic) bond motifs is 1. The molecular formula is C21H26N2OS. The number of hydrogen-bond acceptors (Lipinski definition) is 3. The molecule has 132 valence electrons. The number of aryl methyl sites for hydroxylation is 1. The summed E-state index contributed by atoms with van der Waals surface area (Å²) in [5.74, 6) is 0.111. The number of rotatable bonds is 5. The van der Waals surface area contributed by atoms with E-state index in [0.29, 0.717) is 6.54 Å². The third-order valence-electron chi connectivity index (χ3n) is 5.53. The first-order chi connectivity index (χ1) is 12.3. The van der Waals surface area contributed by atoms with Crippen molar-refractivity contribution >= 4 is 17.2 Å². The predicted molar refractivity (Wildman–Crippen MR) is 103 cm³/mol. The number of carbonyl (C=O) groups is 1. The Bertz CT molecular complexity index is 719. The molecule has 1 amide bonds. The average Bonchev–Trinajstić information content (AvgIpc) is 3.32. The van der Waals surface area contributed by atoms with Crippen LogP contribution in [0, 0.1) is 0 Å². The van der Waals surface area contributed by atoms with Gasteiger partial charge in [0.25, 0.3) is 5.91 Å². The first kappa shape index (κ1) is 16.8. The lowest BCUT2D eigenvalue weighted by molar-refractivity contribution is 0.0937. The van der Waals surface area contributed by atoms with Gasteiger partial charge in [-0.25, -0.2) is 0 Å². The lowest BCUT2D eigenvalue weighted by Gasteiger charge is -2.28. The van der Waals surface area contributed by atoms with E-state index >= 15 is 0 Å². The van der Waals surface area contributed by atoms with Crippen molar-refractivity contribution in [1.29, 1.82) is 0 Å². The predicted octanol–water partition coefficient (Wildman–Crippen LogP) is 4.19. The van der Waals surface area contributed by atoms with Gasteiger partial charge in [-0.2, -0.15) is 0 Å². The van der Waals surface area contributed by atoms with E-state index in [2.05, 4.69) is 45.9 Å². The molecule has 1 unspecified atom stereocenters. The van der Waals surface area contributed by atoms with Crippen LogP contribution in [0.25, 0.3) is 0 Å². The average molecular weight is 355 g/mol. The number of likely N-dealkylation sites (tertiary alicyclic amines) is 1. The maximum Gasteiger partial charge on any atom is 0.252 e. The lowest BCUT2D eigenvalue weighted by atomic mass is 9.95. The van der Waals surface area contributed by atoms with Crippen LogP contribution in [-0.2, 0) is 12.8 Å².